The standard InChI is InChI=1S/C38H50FN5O9S/c1-21-9-7-8-10-23-19-38(23,35(47)42-54(50,51)26-11-12-26)41-32(45)29-18-25(53-33-28-16-24(39)17-30(52-6)27(28)13-14-40-33)20-43(29)34(46)31(22(2)15-21)44(36(48)49)37(3,4)5/h8,10,13-14,16-17,21-23,25-26,29,31H,7,9,11-12,15,18-20H2,1-6H3,(H,41,45)(H,42,47)(H,48,49)/b10-8-/t21-,22-,23-,25-,29+,31+,38-/m1/s1. The maximum absolute atomic E-state index is 15.0. The predicted molar refractivity (Wildman–Crippen MR) is 197 cm³/mol. The Morgan fingerprint density at radius 1 is 1.13 bits per heavy atom. The summed E-state index contributed by atoms with van der Waals surface area (Å²) >= 11 is 0. The van der Waals surface area contributed by atoms with Crippen LogP contribution in [0.3, 0.4) is 0 Å². The molecule has 2 aromatic rings. The van der Waals surface area contributed by atoms with Crippen molar-refractivity contribution < 1.29 is 46.6 Å². The number of nitrogens with zero attached hydrogens (tertiary/aromatic N) is 3. The first kappa shape index (κ1) is 39.2. The number of allylic oxidation sites excluding steroid dienone is 1. The smallest absolute Gasteiger partial charge is 0.408 e. The number of amides is 4. The first-order chi connectivity index (χ1) is 25.4. The highest BCUT2D eigenvalue weighted by atomic mass is 32.2. The molecule has 2 aliphatic heterocycles. The van der Waals surface area contributed by atoms with Gasteiger partial charge < -0.3 is 24.8 Å². The summed E-state index contributed by atoms with van der Waals surface area (Å²) in [5.74, 6) is -3.33. The van der Waals surface area contributed by atoms with E-state index in [1.807, 2.05) is 26.0 Å². The van der Waals surface area contributed by atoms with E-state index in [0.717, 1.165) is 4.90 Å². The van der Waals surface area contributed by atoms with Gasteiger partial charge in [-0.1, -0.05) is 26.0 Å². The quantitative estimate of drug-likeness (QED) is 0.342. The second-order valence-electron chi connectivity index (χ2n) is 16.3. The minimum atomic E-state index is -3.94. The number of carbonyl (C=O) groups is 4. The molecule has 1 aromatic carbocycles. The lowest BCUT2D eigenvalue weighted by molar-refractivity contribution is -0.146. The summed E-state index contributed by atoms with van der Waals surface area (Å²) in [5.41, 5.74) is -2.58. The molecule has 6 rings (SSSR count). The van der Waals surface area contributed by atoms with Gasteiger partial charge in [0.2, 0.25) is 27.7 Å². The van der Waals surface area contributed by atoms with Crippen LogP contribution in [0.4, 0.5) is 9.18 Å². The number of pyridine rings is 1. The van der Waals surface area contributed by atoms with Crippen LogP contribution in [-0.4, -0.2) is 100 Å². The first-order valence-corrected chi connectivity index (χ1v) is 20.1. The van der Waals surface area contributed by atoms with Crippen LogP contribution in [0.5, 0.6) is 11.6 Å². The van der Waals surface area contributed by atoms with Gasteiger partial charge in [0, 0.05) is 35.5 Å². The average molecular weight is 772 g/mol. The number of benzene rings is 1. The third-order valence-electron chi connectivity index (χ3n) is 11.0. The molecule has 14 nitrogen and oxygen atoms in total. The summed E-state index contributed by atoms with van der Waals surface area (Å²) < 4.78 is 54.3. The Hall–Kier alpha value is -4.47. The highest BCUT2D eigenvalue weighted by Crippen LogP contribution is 2.46. The topological polar surface area (TPSA) is 185 Å². The van der Waals surface area contributed by atoms with E-state index in [1.165, 1.54) is 30.3 Å². The largest absolute Gasteiger partial charge is 0.496 e. The average Bonchev–Trinajstić information content (AvgIpc) is 4.01. The lowest BCUT2D eigenvalue weighted by Crippen LogP contribution is -2.62. The molecule has 3 fully saturated rings. The molecule has 0 bridgehead atoms. The zero-order valence-corrected chi connectivity index (χ0v) is 32.3. The molecule has 54 heavy (non-hydrogen) atoms. The van der Waals surface area contributed by atoms with E-state index in [2.05, 4.69) is 15.0 Å². The zero-order valence-electron chi connectivity index (χ0n) is 31.5. The monoisotopic (exact) mass is 771 g/mol. The van der Waals surface area contributed by atoms with Crippen molar-refractivity contribution in [1.82, 2.24) is 24.8 Å². The van der Waals surface area contributed by atoms with Crippen LogP contribution in [0.15, 0.2) is 36.5 Å². The molecule has 1 saturated heterocycles. The normalized spacial score (nSPS) is 29.9. The van der Waals surface area contributed by atoms with Crippen molar-refractivity contribution in [3.05, 3.63) is 42.4 Å². The molecule has 4 amide bonds. The van der Waals surface area contributed by atoms with Gasteiger partial charge in [-0.3, -0.25) is 24.0 Å². The fourth-order valence-electron chi connectivity index (χ4n) is 8.08. The van der Waals surface area contributed by atoms with Gasteiger partial charge in [-0.2, -0.15) is 0 Å². The van der Waals surface area contributed by atoms with E-state index >= 15 is 0 Å². The maximum Gasteiger partial charge on any atom is 0.408 e. The lowest BCUT2D eigenvalue weighted by Gasteiger charge is -2.43. The van der Waals surface area contributed by atoms with E-state index in [-0.39, 0.29) is 36.9 Å². The van der Waals surface area contributed by atoms with Crippen LogP contribution in [0.1, 0.15) is 79.6 Å². The molecule has 16 heteroatoms. The number of halogens is 1. The lowest BCUT2D eigenvalue weighted by atomic mass is 9.85. The van der Waals surface area contributed by atoms with E-state index in [4.69, 9.17) is 9.47 Å². The van der Waals surface area contributed by atoms with E-state index < -0.39 is 86.0 Å². The Bertz CT molecular complexity index is 1970. The summed E-state index contributed by atoms with van der Waals surface area (Å²) in [7, 11) is -2.53. The van der Waals surface area contributed by atoms with Crippen molar-refractivity contribution in [2.24, 2.45) is 17.8 Å². The second-order valence-corrected chi connectivity index (χ2v) is 18.3. The zero-order chi connectivity index (χ0) is 39.3. The van der Waals surface area contributed by atoms with Gasteiger partial charge >= 0.3 is 6.09 Å². The number of fused-ring (bicyclic) bond motifs is 3. The van der Waals surface area contributed by atoms with Crippen LogP contribution >= 0.6 is 0 Å². The van der Waals surface area contributed by atoms with Crippen LogP contribution in [0.2, 0.25) is 0 Å². The molecule has 0 radical (unpaired) electrons. The van der Waals surface area contributed by atoms with Gasteiger partial charge in [0.1, 0.15) is 35.3 Å². The molecular weight excluding hydrogens is 722 g/mol. The number of ether oxygens (including phenoxy) is 2. The van der Waals surface area contributed by atoms with Gasteiger partial charge in [0.25, 0.3) is 5.91 Å². The summed E-state index contributed by atoms with van der Waals surface area (Å²) in [6.07, 6.45) is 5.86. The number of carbonyl (C=O) groups excluding carboxylic acids is 3. The molecule has 0 unspecified atom stereocenters. The van der Waals surface area contributed by atoms with E-state index in [0.29, 0.717) is 42.9 Å². The molecule has 294 valence electrons. The number of rotatable bonds is 7. The van der Waals surface area contributed by atoms with Crippen LogP contribution in [-0.2, 0) is 24.4 Å². The maximum atomic E-state index is 15.0. The third-order valence-corrected chi connectivity index (χ3v) is 12.9. The Balaban J connectivity index is 1.40. The molecule has 4 aliphatic rings. The van der Waals surface area contributed by atoms with Gasteiger partial charge in [0.15, 0.2) is 0 Å². The van der Waals surface area contributed by atoms with Crippen LogP contribution < -0.4 is 19.5 Å². The third kappa shape index (κ3) is 7.85. The fourth-order valence-corrected chi connectivity index (χ4v) is 9.44. The van der Waals surface area contributed by atoms with Gasteiger partial charge in [-0.05, 0) is 83.3 Å². The molecule has 2 saturated carbocycles. The van der Waals surface area contributed by atoms with Crippen molar-refractivity contribution in [1.29, 1.82) is 0 Å². The molecule has 7 atom stereocenters. The van der Waals surface area contributed by atoms with Gasteiger partial charge in [-0.15, -0.1) is 0 Å². The molecular formula is C38H50FN5O9S. The highest BCUT2D eigenvalue weighted by Gasteiger charge is 2.62. The molecule has 1 aromatic heterocycles. The Kier molecular flexibility index (Phi) is 10.6. The molecule has 0 spiro atoms. The Labute approximate surface area is 314 Å². The highest BCUT2D eigenvalue weighted by molar-refractivity contribution is 7.91. The van der Waals surface area contributed by atoms with Crippen molar-refractivity contribution in [3.8, 4) is 11.6 Å². The number of methoxy groups -OCH3 is 1. The van der Waals surface area contributed by atoms with Gasteiger partial charge in [0.05, 0.1) is 24.3 Å². The fraction of sp³-hybridized carbons (Fsp3) is 0.605. The first-order valence-electron chi connectivity index (χ1n) is 18.5. The minimum absolute atomic E-state index is 0.0417. The van der Waals surface area contributed by atoms with Crippen molar-refractivity contribution in [2.45, 2.75) is 114 Å². The number of nitrogens with one attached hydrogen (secondary N) is 2. The van der Waals surface area contributed by atoms with Crippen molar-refractivity contribution >= 4 is 44.6 Å². The number of carboxylic acid groups (broad SMARTS) is 1. The van der Waals surface area contributed by atoms with Crippen LogP contribution in [0, 0.1) is 23.6 Å². The predicted octanol–water partition coefficient (Wildman–Crippen LogP) is 4.37. The summed E-state index contributed by atoms with van der Waals surface area (Å²) in [6, 6.07) is 1.69. The second kappa shape index (κ2) is 14.6. The molecule has 3 heterocycles. The number of sulfonamides is 1. The van der Waals surface area contributed by atoms with E-state index in [9.17, 15) is 37.1 Å². The number of hydrogen-bond donors (Lipinski definition) is 3. The summed E-state index contributed by atoms with van der Waals surface area (Å²) in [4.78, 5) is 63.0. The van der Waals surface area contributed by atoms with Crippen molar-refractivity contribution in [2.75, 3.05) is 13.7 Å². The molecule has 2 aliphatic carbocycles. The Morgan fingerprint density at radius 3 is 2.50 bits per heavy atom. The minimum Gasteiger partial charge on any atom is -0.496 e. The number of aromatic nitrogens is 1. The summed E-state index contributed by atoms with van der Waals surface area (Å²) in [5, 5.41) is 13.5. The Morgan fingerprint density at radius 2 is 1.85 bits per heavy atom. The van der Waals surface area contributed by atoms with E-state index in [1.54, 1.807) is 26.8 Å². The van der Waals surface area contributed by atoms with Crippen LogP contribution in [0.25, 0.3) is 10.8 Å². The van der Waals surface area contributed by atoms with Gasteiger partial charge in [-0.25, -0.2) is 22.6 Å². The number of hydrogen-bond acceptors (Lipinski definition) is 9. The van der Waals surface area contributed by atoms with Crippen molar-refractivity contribution in [3.63, 3.8) is 0 Å². The SMILES string of the molecule is COc1cc(F)cc2c(O[C@@H]3C[C@H]4C(=O)N[C@]5(C(=O)NS(=O)(=O)C6CC6)C[C@H]5/C=C\CC[C@@H](C)C[C@@H](C)[C@H](N(C(=O)O)C(C)(C)C)C(=O)N4C3)nccc12. The molecule has 3 N–H and O–H groups in total. The summed E-state index contributed by atoms with van der Waals surface area (Å²) in [6.45, 7) is 8.83.